The van der Waals surface area contributed by atoms with Gasteiger partial charge in [0.25, 0.3) is 0 Å². The molecule has 2 aliphatic rings. The Bertz CT molecular complexity index is 2480. The highest BCUT2D eigenvalue weighted by Gasteiger charge is 2.26. The highest BCUT2D eigenvalue weighted by molar-refractivity contribution is 6.33. The van der Waals surface area contributed by atoms with Crippen LogP contribution in [0.5, 0.6) is 0 Å². The molecule has 10 rings (SSSR count). The first-order valence-corrected chi connectivity index (χ1v) is 17.9. The first kappa shape index (κ1) is 33.2. The lowest BCUT2D eigenvalue weighted by atomic mass is 10.1. The van der Waals surface area contributed by atoms with E-state index in [2.05, 4.69) is 78.9 Å². The van der Waals surface area contributed by atoms with E-state index in [0.717, 1.165) is 82.0 Å². The fourth-order valence-electron chi connectivity index (χ4n) is 7.22. The molecule has 8 aromatic rings. The Kier molecular flexibility index (Phi) is 9.07. The van der Waals surface area contributed by atoms with E-state index in [1.807, 2.05) is 77.3 Å². The van der Waals surface area contributed by atoms with Crippen LogP contribution in [0.1, 0.15) is 27.7 Å². The van der Waals surface area contributed by atoms with Crippen molar-refractivity contribution < 1.29 is 0 Å². The summed E-state index contributed by atoms with van der Waals surface area (Å²) in [7, 11) is 0. The van der Waals surface area contributed by atoms with Gasteiger partial charge in [0.2, 0.25) is 0 Å². The van der Waals surface area contributed by atoms with Crippen LogP contribution in [0.4, 0.5) is 5.82 Å². The Balaban J connectivity index is 0.000000125. The predicted molar refractivity (Wildman–Crippen MR) is 206 cm³/mol. The van der Waals surface area contributed by atoms with Crippen molar-refractivity contribution in [2.45, 2.75) is 51.9 Å². The zero-order valence-corrected chi connectivity index (χ0v) is 29.9. The normalized spacial score (nSPS) is 20.8. The molecule has 6 aromatic heterocycles. The summed E-state index contributed by atoms with van der Waals surface area (Å²) in [6, 6.07) is 25.9. The number of pyridine rings is 2. The van der Waals surface area contributed by atoms with Gasteiger partial charge in [0, 0.05) is 62.7 Å². The molecule has 260 valence electrons. The Labute approximate surface area is 300 Å². The van der Waals surface area contributed by atoms with Gasteiger partial charge in [-0.15, -0.1) is 0 Å². The van der Waals surface area contributed by atoms with Crippen molar-refractivity contribution in [3.8, 4) is 0 Å². The summed E-state index contributed by atoms with van der Waals surface area (Å²) in [5.41, 5.74) is 8.72. The zero-order valence-electron chi connectivity index (χ0n) is 29.1. The maximum Gasteiger partial charge on any atom is 0.183 e. The van der Waals surface area contributed by atoms with Crippen molar-refractivity contribution in [1.29, 1.82) is 0 Å². The molecule has 2 aromatic carbocycles. The van der Waals surface area contributed by atoms with E-state index in [1.54, 1.807) is 6.20 Å². The van der Waals surface area contributed by atoms with Gasteiger partial charge in [-0.2, -0.15) is 0 Å². The van der Waals surface area contributed by atoms with Crippen LogP contribution in [0.25, 0.3) is 55.7 Å². The number of halogens is 1. The molecular weight excluding hydrogens is 660 g/mol. The van der Waals surface area contributed by atoms with Gasteiger partial charge >= 0.3 is 0 Å². The van der Waals surface area contributed by atoms with Crippen molar-refractivity contribution in [2.24, 2.45) is 0 Å². The number of imidazole rings is 2. The number of rotatable bonds is 1. The van der Waals surface area contributed by atoms with Crippen molar-refractivity contribution >= 4 is 73.1 Å². The molecule has 51 heavy (non-hydrogen) atoms. The number of piperazine rings is 2. The Morgan fingerprint density at radius 3 is 1.61 bits per heavy atom. The molecule has 4 atom stereocenters. The third-order valence-electron chi connectivity index (χ3n) is 9.23. The highest BCUT2D eigenvalue weighted by Crippen LogP contribution is 2.29. The van der Waals surface area contributed by atoms with Crippen LogP contribution in [0.3, 0.4) is 0 Å². The van der Waals surface area contributed by atoms with Crippen LogP contribution >= 0.6 is 11.6 Å². The molecule has 0 radical (unpaired) electrons. The van der Waals surface area contributed by atoms with E-state index in [9.17, 15) is 0 Å². The molecule has 0 unspecified atom stereocenters. The lowest BCUT2D eigenvalue weighted by Gasteiger charge is -2.37. The summed E-state index contributed by atoms with van der Waals surface area (Å²) in [6.07, 6.45) is 3.55. The summed E-state index contributed by atoms with van der Waals surface area (Å²) in [4.78, 5) is 29.9. The van der Waals surface area contributed by atoms with Crippen LogP contribution in [-0.4, -0.2) is 89.1 Å². The van der Waals surface area contributed by atoms with Gasteiger partial charge in [0.05, 0.1) is 22.1 Å². The van der Waals surface area contributed by atoms with E-state index >= 15 is 0 Å². The first-order chi connectivity index (χ1) is 24.8. The maximum atomic E-state index is 6.19. The maximum absolute atomic E-state index is 6.19. The molecule has 0 amide bonds. The van der Waals surface area contributed by atoms with Gasteiger partial charge in [-0.25, -0.2) is 29.9 Å². The molecule has 0 saturated carbocycles. The lowest BCUT2D eigenvalue weighted by Crippen LogP contribution is -2.54. The number of fused-ring (bicyclic) bond motifs is 10. The zero-order chi connectivity index (χ0) is 35.1. The van der Waals surface area contributed by atoms with Crippen LogP contribution in [-0.2, 0) is 0 Å². The predicted octanol–water partition coefficient (Wildman–Crippen LogP) is 5.66. The molecule has 0 spiro atoms. The quantitative estimate of drug-likeness (QED) is 0.198. The number of aromatic nitrogens is 8. The van der Waals surface area contributed by atoms with Crippen LogP contribution < -0.4 is 20.9 Å². The molecule has 2 saturated heterocycles. The second kappa shape index (κ2) is 14.0. The van der Waals surface area contributed by atoms with Crippen LogP contribution in [0, 0.1) is 0 Å². The van der Waals surface area contributed by atoms with Gasteiger partial charge in [-0.05, 0) is 76.2 Å². The van der Waals surface area contributed by atoms with Crippen LogP contribution in [0.15, 0.2) is 85.2 Å². The first-order valence-electron chi connectivity index (χ1n) is 17.5. The van der Waals surface area contributed by atoms with Crippen molar-refractivity contribution in [1.82, 2.24) is 54.7 Å². The minimum absolute atomic E-state index is 0.395. The van der Waals surface area contributed by atoms with Crippen molar-refractivity contribution in [3.05, 3.63) is 90.3 Å². The van der Waals surface area contributed by atoms with Crippen LogP contribution in [0.2, 0.25) is 5.15 Å². The molecule has 2 fully saturated rings. The van der Waals surface area contributed by atoms with E-state index in [-0.39, 0.29) is 0 Å². The number of nitrogens with one attached hydrogen (secondary N) is 3. The summed E-state index contributed by atoms with van der Waals surface area (Å²) in [5.74, 6) is 0.942. The lowest BCUT2D eigenvalue weighted by molar-refractivity contribution is 0.370. The molecule has 0 aliphatic carbocycles. The van der Waals surface area contributed by atoms with E-state index in [4.69, 9.17) is 21.6 Å². The van der Waals surface area contributed by atoms with Gasteiger partial charge in [-0.3, -0.25) is 8.80 Å². The number of nitrogens with zero attached hydrogens (tertiary/aromatic N) is 9. The molecule has 8 heterocycles. The Morgan fingerprint density at radius 1 is 0.549 bits per heavy atom. The highest BCUT2D eigenvalue weighted by atomic mass is 35.5. The summed E-state index contributed by atoms with van der Waals surface area (Å²) >= 11 is 6.19. The average Bonchev–Trinajstić information content (AvgIpc) is 3.72. The molecule has 0 bridgehead atoms. The van der Waals surface area contributed by atoms with E-state index in [1.165, 1.54) is 0 Å². The molecule has 2 aliphatic heterocycles. The fraction of sp³-hybridized carbons (Fsp3) is 0.316. The second-order valence-electron chi connectivity index (χ2n) is 13.6. The van der Waals surface area contributed by atoms with Gasteiger partial charge in [0.15, 0.2) is 33.6 Å². The standard InChI is InChI=1S/C19H20N6.C13H7ClN4.C6H14N2/c1-12-10-24(11-13(2)21-12)18-19-22-14-6-3-4-8-16(14)25(19)17-15(23-18)7-5-9-20-17;14-11-13-17-8-4-1-2-6-10(8)18(13)12-9(16-11)5-3-7-15-12;1-5-3-7-4-6(2)8-5/h3-9,12-13,21H,10-11H2,1-2H3;1-7H;5-8H,3-4H2,1-2H3/t12-,13+;;5-,6+. The summed E-state index contributed by atoms with van der Waals surface area (Å²) < 4.78 is 4.09. The van der Waals surface area contributed by atoms with E-state index < -0.39 is 0 Å². The Morgan fingerprint density at radius 2 is 1.04 bits per heavy atom. The summed E-state index contributed by atoms with van der Waals surface area (Å²) in [5, 5.41) is 10.7. The molecule has 3 N–H and O–H groups in total. The third kappa shape index (κ3) is 6.51. The number of hydrogen-bond acceptors (Lipinski definition) is 10. The molecule has 12 nitrogen and oxygen atoms in total. The van der Waals surface area contributed by atoms with Gasteiger partial charge < -0.3 is 20.9 Å². The molecule has 13 heteroatoms. The monoisotopic (exact) mass is 700 g/mol. The summed E-state index contributed by atoms with van der Waals surface area (Å²) in [6.45, 7) is 12.9. The number of hydrogen-bond donors (Lipinski definition) is 3. The van der Waals surface area contributed by atoms with Crippen molar-refractivity contribution in [3.63, 3.8) is 0 Å². The molecular formula is C38H41ClN12. The minimum atomic E-state index is 0.395. The minimum Gasteiger partial charge on any atom is -0.350 e. The largest absolute Gasteiger partial charge is 0.350 e. The van der Waals surface area contributed by atoms with Gasteiger partial charge in [-0.1, -0.05) is 35.9 Å². The van der Waals surface area contributed by atoms with Gasteiger partial charge in [0.1, 0.15) is 11.0 Å². The number of benzene rings is 2. The smallest absolute Gasteiger partial charge is 0.183 e. The average molecular weight is 701 g/mol. The van der Waals surface area contributed by atoms with Crippen molar-refractivity contribution in [2.75, 3.05) is 31.1 Å². The third-order valence-corrected chi connectivity index (χ3v) is 9.49. The number of anilines is 1. The SMILES string of the molecule is C[C@@H]1CN(c2nc3cccnc3n3c2nc2ccccc23)C[C@H](C)N1.C[C@@H]1CNC[C@H](C)N1.Clc1nc2cccnc2n2c1nc1ccccc12. The second-order valence-corrected chi connectivity index (χ2v) is 13.9. The Hall–Kier alpha value is -5.01. The number of para-hydroxylation sites is 4. The fourth-order valence-corrected chi connectivity index (χ4v) is 7.43. The van der Waals surface area contributed by atoms with E-state index in [0.29, 0.717) is 35.0 Å². The topological polar surface area (TPSA) is 125 Å².